The average molecular weight is 364 g/mol. The molecule has 6 nitrogen and oxygen atoms in total. The van der Waals surface area contributed by atoms with Gasteiger partial charge in [0.1, 0.15) is 4.70 Å². The molecular formula is C16H20N4O2S2. The molecule has 24 heavy (non-hydrogen) atoms. The number of rotatable bonds is 7. The lowest BCUT2D eigenvalue weighted by atomic mass is 10.1. The van der Waals surface area contributed by atoms with Gasteiger partial charge in [-0.2, -0.15) is 4.98 Å². The van der Waals surface area contributed by atoms with Crippen LogP contribution in [0.5, 0.6) is 0 Å². The number of fused-ring (bicyclic) bond motifs is 1. The van der Waals surface area contributed by atoms with Gasteiger partial charge in [-0.15, -0.1) is 11.3 Å². The van der Waals surface area contributed by atoms with Crippen LogP contribution in [0.4, 0.5) is 0 Å². The summed E-state index contributed by atoms with van der Waals surface area (Å²) in [6.45, 7) is 6.88. The molecule has 0 bridgehead atoms. The van der Waals surface area contributed by atoms with Crippen molar-refractivity contribution in [1.29, 1.82) is 0 Å². The number of hydrogen-bond acceptors (Lipinski definition) is 7. The van der Waals surface area contributed by atoms with Crippen molar-refractivity contribution in [2.45, 2.75) is 51.1 Å². The summed E-state index contributed by atoms with van der Waals surface area (Å²) in [7, 11) is 0. The Kier molecular flexibility index (Phi) is 5.35. The van der Waals surface area contributed by atoms with Gasteiger partial charge in [-0.05, 0) is 30.7 Å². The zero-order chi connectivity index (χ0) is 17.1. The third kappa shape index (κ3) is 3.70. The third-order valence-corrected chi connectivity index (χ3v) is 5.48. The first-order chi connectivity index (χ1) is 11.6. The lowest BCUT2D eigenvalue weighted by Crippen LogP contribution is -2.21. The molecule has 0 fully saturated rings. The highest BCUT2D eigenvalue weighted by Gasteiger charge is 2.14. The van der Waals surface area contributed by atoms with Gasteiger partial charge in [0.25, 0.3) is 5.56 Å². The fourth-order valence-corrected chi connectivity index (χ4v) is 3.99. The SMILES string of the molecule is CCn1c(SCc2nc(CCC(C)C)no2)nc2ccsc2c1=O. The van der Waals surface area contributed by atoms with Crippen LogP contribution in [-0.4, -0.2) is 19.7 Å². The number of thiophene rings is 1. The molecule has 0 aromatic carbocycles. The molecule has 8 heteroatoms. The van der Waals surface area contributed by atoms with Gasteiger partial charge in [0.05, 0.1) is 11.3 Å². The summed E-state index contributed by atoms with van der Waals surface area (Å²) in [5, 5.41) is 6.60. The minimum Gasteiger partial charge on any atom is -0.338 e. The van der Waals surface area contributed by atoms with Crippen LogP contribution >= 0.6 is 23.1 Å². The van der Waals surface area contributed by atoms with Gasteiger partial charge in [0.15, 0.2) is 11.0 Å². The number of nitrogens with zero attached hydrogens (tertiary/aromatic N) is 4. The molecule has 0 N–H and O–H groups in total. The Labute approximate surface area is 148 Å². The maximum Gasteiger partial charge on any atom is 0.272 e. The summed E-state index contributed by atoms with van der Waals surface area (Å²) in [5.74, 6) is 2.44. The van der Waals surface area contributed by atoms with E-state index in [1.54, 1.807) is 4.57 Å². The quantitative estimate of drug-likeness (QED) is 0.470. The molecule has 0 aliphatic rings. The number of hydrogen-bond donors (Lipinski definition) is 0. The highest BCUT2D eigenvalue weighted by molar-refractivity contribution is 7.98. The van der Waals surface area contributed by atoms with Crippen LogP contribution in [0.3, 0.4) is 0 Å². The largest absolute Gasteiger partial charge is 0.338 e. The number of aryl methyl sites for hydroxylation is 1. The minimum atomic E-state index is 0.0168. The van der Waals surface area contributed by atoms with Gasteiger partial charge in [0, 0.05) is 13.0 Å². The topological polar surface area (TPSA) is 73.8 Å². The fraction of sp³-hybridized carbons (Fsp3) is 0.500. The van der Waals surface area contributed by atoms with Crippen molar-refractivity contribution < 1.29 is 4.52 Å². The second-order valence-electron chi connectivity index (χ2n) is 5.90. The molecule has 0 unspecified atom stereocenters. The Balaban J connectivity index is 1.75. The van der Waals surface area contributed by atoms with Crippen LogP contribution in [0.2, 0.25) is 0 Å². The molecule has 0 saturated carbocycles. The van der Waals surface area contributed by atoms with Crippen LogP contribution < -0.4 is 5.56 Å². The van der Waals surface area contributed by atoms with Gasteiger partial charge in [-0.25, -0.2) is 4.98 Å². The van der Waals surface area contributed by atoms with Crippen molar-refractivity contribution in [1.82, 2.24) is 19.7 Å². The highest BCUT2D eigenvalue weighted by atomic mass is 32.2. The van der Waals surface area contributed by atoms with E-state index in [-0.39, 0.29) is 5.56 Å². The Hall–Kier alpha value is -1.67. The molecule has 0 atom stereocenters. The van der Waals surface area contributed by atoms with Crippen molar-refractivity contribution in [2.75, 3.05) is 0 Å². The van der Waals surface area contributed by atoms with Crippen LogP contribution in [0.25, 0.3) is 10.2 Å². The molecule has 3 aromatic rings. The third-order valence-electron chi connectivity index (χ3n) is 3.63. The Morgan fingerprint density at radius 3 is 2.96 bits per heavy atom. The molecule has 0 aliphatic carbocycles. The van der Waals surface area contributed by atoms with E-state index in [2.05, 4.69) is 29.0 Å². The van der Waals surface area contributed by atoms with Crippen molar-refractivity contribution in [3.63, 3.8) is 0 Å². The summed E-state index contributed by atoms with van der Waals surface area (Å²) >= 11 is 2.89. The molecule has 3 rings (SSSR count). The normalized spacial score (nSPS) is 11.7. The predicted molar refractivity (Wildman–Crippen MR) is 96.6 cm³/mol. The first kappa shape index (κ1) is 17.2. The number of thioether (sulfide) groups is 1. The Bertz CT molecular complexity index is 882. The van der Waals surface area contributed by atoms with Gasteiger partial charge in [-0.3, -0.25) is 9.36 Å². The highest BCUT2D eigenvalue weighted by Crippen LogP contribution is 2.23. The van der Waals surface area contributed by atoms with Gasteiger partial charge < -0.3 is 4.52 Å². The van der Waals surface area contributed by atoms with Gasteiger partial charge in [0.2, 0.25) is 5.89 Å². The van der Waals surface area contributed by atoms with Crippen LogP contribution in [-0.2, 0) is 18.7 Å². The lowest BCUT2D eigenvalue weighted by Gasteiger charge is -2.08. The lowest BCUT2D eigenvalue weighted by molar-refractivity contribution is 0.383. The van der Waals surface area contributed by atoms with Crippen molar-refractivity contribution >= 4 is 33.3 Å². The Morgan fingerprint density at radius 1 is 1.38 bits per heavy atom. The molecule has 3 heterocycles. The molecule has 0 amide bonds. The van der Waals surface area contributed by atoms with Crippen LogP contribution in [0.1, 0.15) is 38.9 Å². The Morgan fingerprint density at radius 2 is 2.21 bits per heavy atom. The first-order valence-corrected chi connectivity index (χ1v) is 9.87. The van der Waals surface area contributed by atoms with Crippen LogP contribution in [0.15, 0.2) is 25.9 Å². The van der Waals surface area contributed by atoms with Crippen molar-refractivity contribution in [3.8, 4) is 0 Å². The van der Waals surface area contributed by atoms with E-state index < -0.39 is 0 Å². The van der Waals surface area contributed by atoms with Crippen LogP contribution in [0, 0.1) is 5.92 Å². The first-order valence-electron chi connectivity index (χ1n) is 8.00. The smallest absolute Gasteiger partial charge is 0.272 e. The summed E-state index contributed by atoms with van der Waals surface area (Å²) in [4.78, 5) is 21.5. The summed E-state index contributed by atoms with van der Waals surface area (Å²) in [6.07, 6.45) is 1.86. The van der Waals surface area contributed by atoms with E-state index >= 15 is 0 Å². The van der Waals surface area contributed by atoms with E-state index in [1.807, 2.05) is 18.4 Å². The molecule has 0 radical (unpaired) electrons. The van der Waals surface area contributed by atoms with Gasteiger partial charge >= 0.3 is 0 Å². The zero-order valence-corrected chi connectivity index (χ0v) is 15.6. The van der Waals surface area contributed by atoms with E-state index in [0.717, 1.165) is 24.2 Å². The molecule has 3 aromatic heterocycles. The van der Waals surface area contributed by atoms with E-state index in [0.29, 0.717) is 34.0 Å². The van der Waals surface area contributed by atoms with E-state index in [1.165, 1.54) is 23.1 Å². The minimum absolute atomic E-state index is 0.0168. The fourth-order valence-electron chi connectivity index (χ4n) is 2.31. The standard InChI is InChI=1S/C16H20N4O2S2/c1-4-20-15(21)14-11(7-8-23-14)17-16(20)24-9-13-18-12(19-22-13)6-5-10(2)3/h7-8,10H,4-6,9H2,1-3H3. The summed E-state index contributed by atoms with van der Waals surface area (Å²) < 4.78 is 7.70. The molecule has 0 saturated heterocycles. The number of aromatic nitrogens is 4. The molecule has 128 valence electrons. The molecular weight excluding hydrogens is 344 g/mol. The van der Waals surface area contributed by atoms with E-state index in [4.69, 9.17) is 4.52 Å². The molecule has 0 aliphatic heterocycles. The second kappa shape index (κ2) is 7.48. The van der Waals surface area contributed by atoms with Crippen molar-refractivity contribution in [2.24, 2.45) is 5.92 Å². The summed E-state index contributed by atoms with van der Waals surface area (Å²) in [5.41, 5.74) is 0.767. The van der Waals surface area contributed by atoms with Crippen molar-refractivity contribution in [3.05, 3.63) is 33.5 Å². The second-order valence-corrected chi connectivity index (χ2v) is 7.76. The average Bonchev–Trinajstić information content (AvgIpc) is 3.20. The monoisotopic (exact) mass is 364 g/mol. The van der Waals surface area contributed by atoms with Gasteiger partial charge in [-0.1, -0.05) is 30.8 Å². The molecule has 0 spiro atoms. The maximum absolute atomic E-state index is 12.5. The summed E-state index contributed by atoms with van der Waals surface area (Å²) in [6, 6.07) is 1.88. The maximum atomic E-state index is 12.5. The van der Waals surface area contributed by atoms with E-state index in [9.17, 15) is 4.79 Å². The zero-order valence-electron chi connectivity index (χ0n) is 14.0. The predicted octanol–water partition coefficient (Wildman–Crippen LogP) is 3.74.